The van der Waals surface area contributed by atoms with Crippen molar-refractivity contribution in [3.05, 3.63) is 87.9 Å². The molecule has 0 aliphatic carbocycles. The zero-order valence-electron chi connectivity index (χ0n) is 19.5. The van der Waals surface area contributed by atoms with Crippen LogP contribution >= 0.6 is 23.4 Å². The van der Waals surface area contributed by atoms with Gasteiger partial charge in [-0.25, -0.2) is 0 Å². The largest absolute Gasteiger partial charge is 0.493 e. The Morgan fingerprint density at radius 2 is 1.87 bits per heavy atom. The maximum atomic E-state index is 13.0. The van der Waals surface area contributed by atoms with Gasteiger partial charge in [-0.1, -0.05) is 29.9 Å². The minimum atomic E-state index is -4.53. The molecule has 0 radical (unpaired) electrons. The molecule has 0 aromatic heterocycles. The highest BCUT2D eigenvalue weighted by atomic mass is 35.5. The standard InChI is InChI=1S/C26H20ClF3N2O5S/c1-13(38-23-10-15(26(28,29)30)4-7-20(23)31)32-24(33)14-2-5-16(6-3-14)37-22-12-21-18(11-19(22)27)17(25(34)35)8-9-36-21/h2-7,10-12,17H,1,8-9,31H2,(H,32,33)(H,34,35). The number of carbonyl (C=O) groups excluding carboxylic acids is 1. The van der Waals surface area contributed by atoms with Crippen molar-refractivity contribution < 1.29 is 37.3 Å². The molecule has 1 aliphatic rings. The second-order valence-electron chi connectivity index (χ2n) is 8.20. The molecule has 198 valence electrons. The van der Waals surface area contributed by atoms with Crippen LogP contribution in [0.15, 0.2) is 71.1 Å². The molecule has 0 bridgehead atoms. The monoisotopic (exact) mass is 564 g/mol. The lowest BCUT2D eigenvalue weighted by atomic mass is 9.93. The third-order valence-corrected chi connectivity index (χ3v) is 6.79. The van der Waals surface area contributed by atoms with E-state index in [1.807, 2.05) is 0 Å². The van der Waals surface area contributed by atoms with Crippen LogP contribution in [0.25, 0.3) is 0 Å². The minimum absolute atomic E-state index is 0.0851. The van der Waals surface area contributed by atoms with E-state index in [9.17, 15) is 27.9 Å². The molecule has 0 saturated heterocycles. The van der Waals surface area contributed by atoms with E-state index in [0.717, 1.165) is 30.0 Å². The van der Waals surface area contributed by atoms with Crippen LogP contribution in [0.3, 0.4) is 0 Å². The van der Waals surface area contributed by atoms with E-state index in [0.29, 0.717) is 23.5 Å². The number of halogens is 4. The van der Waals surface area contributed by atoms with Gasteiger partial charge in [0.25, 0.3) is 5.91 Å². The van der Waals surface area contributed by atoms with E-state index in [1.54, 1.807) is 0 Å². The second kappa shape index (κ2) is 10.9. The van der Waals surface area contributed by atoms with Gasteiger partial charge in [-0.15, -0.1) is 0 Å². The normalized spacial score (nSPS) is 14.7. The van der Waals surface area contributed by atoms with Crippen LogP contribution in [0.1, 0.15) is 33.8 Å². The molecule has 38 heavy (non-hydrogen) atoms. The lowest BCUT2D eigenvalue weighted by molar-refractivity contribution is -0.139. The van der Waals surface area contributed by atoms with Gasteiger partial charge in [0, 0.05) is 27.8 Å². The lowest BCUT2D eigenvalue weighted by Gasteiger charge is -2.24. The number of rotatable bonds is 7. The molecular formula is C26H20ClF3N2O5S. The van der Waals surface area contributed by atoms with Crippen LogP contribution in [-0.4, -0.2) is 23.6 Å². The molecule has 0 fully saturated rings. The molecule has 1 aliphatic heterocycles. The fourth-order valence-electron chi connectivity index (χ4n) is 3.68. The first-order valence-electron chi connectivity index (χ1n) is 11.0. The molecule has 1 unspecified atom stereocenters. The van der Waals surface area contributed by atoms with E-state index in [2.05, 4.69) is 11.9 Å². The number of anilines is 1. The van der Waals surface area contributed by atoms with Gasteiger partial charge < -0.3 is 25.6 Å². The predicted molar refractivity (Wildman–Crippen MR) is 137 cm³/mol. The van der Waals surface area contributed by atoms with Gasteiger partial charge >= 0.3 is 12.1 Å². The number of nitrogens with two attached hydrogens (primary N) is 1. The van der Waals surface area contributed by atoms with E-state index in [4.69, 9.17) is 26.8 Å². The van der Waals surface area contributed by atoms with Gasteiger partial charge in [-0.05, 0) is 55.0 Å². The van der Waals surface area contributed by atoms with Crippen LogP contribution in [0, 0.1) is 0 Å². The summed E-state index contributed by atoms with van der Waals surface area (Å²) in [5, 5.41) is 12.2. The molecule has 4 N–H and O–H groups in total. The summed E-state index contributed by atoms with van der Waals surface area (Å²) in [6, 6.07) is 11.9. The zero-order valence-corrected chi connectivity index (χ0v) is 21.0. The van der Waals surface area contributed by atoms with Gasteiger partial charge in [0.1, 0.15) is 17.2 Å². The molecule has 7 nitrogen and oxygen atoms in total. The highest BCUT2D eigenvalue weighted by Crippen LogP contribution is 2.42. The summed E-state index contributed by atoms with van der Waals surface area (Å²) in [4.78, 5) is 24.2. The average molecular weight is 565 g/mol. The topological polar surface area (TPSA) is 111 Å². The molecule has 0 spiro atoms. The summed E-state index contributed by atoms with van der Waals surface area (Å²) in [5.74, 6) is -1.26. The maximum Gasteiger partial charge on any atom is 0.416 e. The Kier molecular flexibility index (Phi) is 7.79. The quantitative estimate of drug-likeness (QED) is 0.217. The molecule has 1 amide bonds. The van der Waals surface area contributed by atoms with E-state index in [-0.39, 0.29) is 38.6 Å². The highest BCUT2D eigenvalue weighted by Gasteiger charge is 2.31. The number of aliphatic carboxylic acids is 1. The van der Waals surface area contributed by atoms with Crippen molar-refractivity contribution in [3.8, 4) is 17.2 Å². The van der Waals surface area contributed by atoms with Gasteiger partial charge in [-0.3, -0.25) is 9.59 Å². The smallest absolute Gasteiger partial charge is 0.416 e. The van der Waals surface area contributed by atoms with Crippen molar-refractivity contribution in [1.29, 1.82) is 0 Å². The number of thioether (sulfide) groups is 1. The van der Waals surface area contributed by atoms with Crippen LogP contribution in [-0.2, 0) is 11.0 Å². The number of carboxylic acid groups (broad SMARTS) is 1. The fraction of sp³-hybridized carbons (Fsp3) is 0.154. The van der Waals surface area contributed by atoms with Gasteiger partial charge in [0.15, 0.2) is 0 Å². The van der Waals surface area contributed by atoms with Crippen LogP contribution in [0.5, 0.6) is 17.2 Å². The average Bonchev–Trinajstić information content (AvgIpc) is 2.85. The Bertz CT molecular complexity index is 1410. The van der Waals surface area contributed by atoms with E-state index >= 15 is 0 Å². The number of ether oxygens (including phenoxy) is 2. The first-order chi connectivity index (χ1) is 17.9. The van der Waals surface area contributed by atoms with Crippen molar-refractivity contribution in [2.45, 2.75) is 23.4 Å². The number of nitrogen functional groups attached to an aromatic ring is 1. The second-order valence-corrected chi connectivity index (χ2v) is 9.75. The third-order valence-electron chi connectivity index (χ3n) is 5.57. The summed E-state index contributed by atoms with van der Waals surface area (Å²) < 4.78 is 50.3. The Morgan fingerprint density at radius 3 is 2.53 bits per heavy atom. The molecule has 3 aromatic rings. The molecule has 1 atom stereocenters. The summed E-state index contributed by atoms with van der Waals surface area (Å²) in [5.41, 5.74) is 5.73. The SMILES string of the molecule is C=C(NC(=O)c1ccc(Oc2cc3c(cc2Cl)C(C(=O)O)CCO3)cc1)Sc1cc(C(F)(F)F)ccc1N. The summed E-state index contributed by atoms with van der Waals surface area (Å²) in [6.45, 7) is 3.94. The van der Waals surface area contributed by atoms with Crippen LogP contribution < -0.4 is 20.5 Å². The molecule has 0 saturated carbocycles. The number of alkyl halides is 3. The number of carboxylic acids is 1. The first-order valence-corrected chi connectivity index (χ1v) is 12.2. The number of benzene rings is 3. The van der Waals surface area contributed by atoms with Crippen molar-refractivity contribution in [1.82, 2.24) is 5.32 Å². The number of hydrogen-bond acceptors (Lipinski definition) is 6. The minimum Gasteiger partial charge on any atom is -0.493 e. The fourth-order valence-corrected chi connectivity index (χ4v) is 4.67. The Labute approximate surface area is 224 Å². The van der Waals surface area contributed by atoms with Crippen molar-refractivity contribution in [2.75, 3.05) is 12.3 Å². The lowest BCUT2D eigenvalue weighted by Crippen LogP contribution is -2.21. The van der Waals surface area contributed by atoms with E-state index in [1.165, 1.54) is 36.4 Å². The van der Waals surface area contributed by atoms with E-state index < -0.39 is 29.5 Å². The predicted octanol–water partition coefficient (Wildman–Crippen LogP) is 6.68. The maximum absolute atomic E-state index is 13.0. The number of carbonyl (C=O) groups is 2. The van der Waals surface area contributed by atoms with Crippen LogP contribution in [0.2, 0.25) is 5.02 Å². The molecule has 12 heteroatoms. The molecule has 1 heterocycles. The molecule has 4 rings (SSSR count). The number of nitrogens with one attached hydrogen (secondary N) is 1. The summed E-state index contributed by atoms with van der Waals surface area (Å²) in [6.07, 6.45) is -4.20. The molecule has 3 aromatic carbocycles. The van der Waals surface area contributed by atoms with Crippen molar-refractivity contribution in [3.63, 3.8) is 0 Å². The number of hydrogen-bond donors (Lipinski definition) is 3. The van der Waals surface area contributed by atoms with Crippen LogP contribution in [0.4, 0.5) is 18.9 Å². The molecular weight excluding hydrogens is 545 g/mol. The van der Waals surface area contributed by atoms with Crippen molar-refractivity contribution in [2.24, 2.45) is 0 Å². The third kappa shape index (κ3) is 6.17. The first kappa shape index (κ1) is 27.2. The summed E-state index contributed by atoms with van der Waals surface area (Å²) in [7, 11) is 0. The summed E-state index contributed by atoms with van der Waals surface area (Å²) >= 11 is 7.12. The van der Waals surface area contributed by atoms with Gasteiger partial charge in [0.2, 0.25) is 0 Å². The van der Waals surface area contributed by atoms with Gasteiger partial charge in [0.05, 0.1) is 28.1 Å². The Hall–Kier alpha value is -3.83. The Morgan fingerprint density at radius 1 is 1.16 bits per heavy atom. The Balaban J connectivity index is 1.41. The number of amides is 1. The zero-order chi connectivity index (χ0) is 27.6. The highest BCUT2D eigenvalue weighted by molar-refractivity contribution is 8.03. The number of fused-ring (bicyclic) bond motifs is 1. The van der Waals surface area contributed by atoms with Gasteiger partial charge in [-0.2, -0.15) is 13.2 Å². The van der Waals surface area contributed by atoms with Crippen molar-refractivity contribution >= 4 is 40.9 Å².